The van der Waals surface area contributed by atoms with E-state index in [2.05, 4.69) is 33.9 Å². The van der Waals surface area contributed by atoms with Gasteiger partial charge in [0.2, 0.25) is 0 Å². The van der Waals surface area contributed by atoms with Gasteiger partial charge in [-0.1, -0.05) is 12.7 Å². The van der Waals surface area contributed by atoms with Gasteiger partial charge in [0.1, 0.15) is 13.2 Å². The van der Waals surface area contributed by atoms with Crippen LogP contribution in [0.25, 0.3) is 0 Å². The van der Waals surface area contributed by atoms with Crippen LogP contribution in [0.5, 0.6) is 11.5 Å². The van der Waals surface area contributed by atoms with Crippen LogP contribution in [0.15, 0.2) is 29.3 Å². The van der Waals surface area contributed by atoms with Crippen LogP contribution in [-0.4, -0.2) is 33.5 Å². The molecule has 5 heteroatoms. The molecule has 2 N–H and O–H groups in total. The normalized spacial score (nSPS) is 10.4. The quantitative estimate of drug-likeness (QED) is 0.488. The van der Waals surface area contributed by atoms with Gasteiger partial charge in [-0.3, -0.25) is 0 Å². The summed E-state index contributed by atoms with van der Waals surface area (Å²) in [6, 6.07) is 4.09. The van der Waals surface area contributed by atoms with Crippen LogP contribution in [-0.2, 0) is 11.3 Å². The largest absolute Gasteiger partial charge is 0.493 e. The fourth-order valence-corrected chi connectivity index (χ4v) is 2.52. The highest BCUT2D eigenvalue weighted by Crippen LogP contribution is 2.36. The van der Waals surface area contributed by atoms with E-state index in [0.717, 1.165) is 48.7 Å². The van der Waals surface area contributed by atoms with Crippen molar-refractivity contribution < 1.29 is 19.5 Å². The van der Waals surface area contributed by atoms with Gasteiger partial charge < -0.3 is 19.5 Å². The third-order valence-corrected chi connectivity index (χ3v) is 3.50. The lowest BCUT2D eigenvalue weighted by Gasteiger charge is -2.13. The first-order valence-electron chi connectivity index (χ1n) is 7.22. The highest BCUT2D eigenvalue weighted by molar-refractivity contribution is 9.10. The van der Waals surface area contributed by atoms with Crippen molar-refractivity contribution in [3.63, 3.8) is 0 Å². The zero-order valence-electron chi connectivity index (χ0n) is 12.9. The Kier molecular flexibility index (Phi) is 9.14. The second-order valence-corrected chi connectivity index (χ2v) is 5.39. The average Bonchev–Trinajstić information content (AvgIpc) is 2.49. The summed E-state index contributed by atoms with van der Waals surface area (Å²) in [7, 11) is 1.65. The molecule has 0 amide bonds. The molecular weight excluding hydrogens is 334 g/mol. The molecule has 4 nitrogen and oxygen atoms in total. The van der Waals surface area contributed by atoms with Gasteiger partial charge in [0.15, 0.2) is 11.5 Å². The maximum atomic E-state index is 5.62. The molecule has 0 aliphatic rings. The Balaban J connectivity index is 2.55. The highest BCUT2D eigenvalue weighted by Gasteiger charge is 2.12. The molecule has 1 aromatic rings. The second kappa shape index (κ2) is 10.7. The highest BCUT2D eigenvalue weighted by atomic mass is 79.9. The number of hydrogen-bond acceptors (Lipinski definition) is 3. The summed E-state index contributed by atoms with van der Waals surface area (Å²) in [6.07, 6.45) is 2.78. The van der Waals surface area contributed by atoms with Crippen molar-refractivity contribution >= 4 is 15.9 Å². The molecule has 0 aromatic heterocycles. The van der Waals surface area contributed by atoms with E-state index in [4.69, 9.17) is 14.2 Å². The maximum absolute atomic E-state index is 5.62. The smallest absolute Gasteiger partial charge is 0.175 e. The Labute approximate surface area is 135 Å². The SMILES string of the molecule is C=CCOc1c(Br)cc(C[NH2+]CCCOCC)cc1OC. The van der Waals surface area contributed by atoms with Crippen molar-refractivity contribution in [1.82, 2.24) is 0 Å². The number of ether oxygens (including phenoxy) is 3. The summed E-state index contributed by atoms with van der Waals surface area (Å²) in [4.78, 5) is 0. The van der Waals surface area contributed by atoms with E-state index >= 15 is 0 Å². The van der Waals surface area contributed by atoms with Gasteiger partial charge in [-0.2, -0.15) is 0 Å². The van der Waals surface area contributed by atoms with Gasteiger partial charge in [-0.15, -0.1) is 0 Å². The first kappa shape index (κ1) is 18.0. The number of quaternary nitrogens is 1. The summed E-state index contributed by atoms with van der Waals surface area (Å²) in [5.74, 6) is 1.46. The minimum absolute atomic E-state index is 0.456. The van der Waals surface area contributed by atoms with E-state index in [1.165, 1.54) is 5.56 Å². The lowest BCUT2D eigenvalue weighted by atomic mass is 10.2. The molecule has 1 rings (SSSR count). The van der Waals surface area contributed by atoms with Crippen molar-refractivity contribution in [2.45, 2.75) is 19.9 Å². The van der Waals surface area contributed by atoms with Gasteiger partial charge in [0.25, 0.3) is 0 Å². The Morgan fingerprint density at radius 1 is 1.38 bits per heavy atom. The summed E-state index contributed by atoms with van der Waals surface area (Å²) in [6.45, 7) is 9.70. The molecule has 1 aromatic carbocycles. The molecular formula is C16H25BrNO3+. The Morgan fingerprint density at radius 3 is 2.86 bits per heavy atom. The van der Waals surface area contributed by atoms with Crippen LogP contribution in [0.4, 0.5) is 0 Å². The van der Waals surface area contributed by atoms with Crippen molar-refractivity contribution in [3.8, 4) is 11.5 Å². The van der Waals surface area contributed by atoms with E-state index in [0.29, 0.717) is 6.61 Å². The number of methoxy groups -OCH3 is 1. The van der Waals surface area contributed by atoms with E-state index in [1.807, 2.05) is 13.0 Å². The first-order valence-corrected chi connectivity index (χ1v) is 8.01. The minimum atomic E-state index is 0.456. The van der Waals surface area contributed by atoms with Crippen molar-refractivity contribution in [2.75, 3.05) is 33.5 Å². The van der Waals surface area contributed by atoms with E-state index in [-0.39, 0.29) is 0 Å². The lowest BCUT2D eigenvalue weighted by molar-refractivity contribution is -0.671. The third-order valence-electron chi connectivity index (χ3n) is 2.92. The average molecular weight is 359 g/mol. The molecule has 0 spiro atoms. The maximum Gasteiger partial charge on any atom is 0.175 e. The minimum Gasteiger partial charge on any atom is -0.493 e. The van der Waals surface area contributed by atoms with Crippen LogP contribution < -0.4 is 14.8 Å². The summed E-state index contributed by atoms with van der Waals surface area (Å²) in [5, 5.41) is 2.27. The molecule has 0 heterocycles. The summed E-state index contributed by atoms with van der Waals surface area (Å²) >= 11 is 3.54. The van der Waals surface area contributed by atoms with Gasteiger partial charge in [-0.05, 0) is 35.0 Å². The van der Waals surface area contributed by atoms with Crippen LogP contribution in [0.3, 0.4) is 0 Å². The van der Waals surface area contributed by atoms with Gasteiger partial charge >= 0.3 is 0 Å². The third kappa shape index (κ3) is 6.50. The second-order valence-electron chi connectivity index (χ2n) is 4.54. The standard InChI is InChI=1S/C16H24BrNO3/c1-4-8-21-16-14(17)10-13(11-15(16)19-3)12-18-7-6-9-20-5-2/h4,10-11,18H,1,5-9,12H2,2-3H3/p+1. The van der Waals surface area contributed by atoms with Gasteiger partial charge in [-0.25, -0.2) is 0 Å². The van der Waals surface area contributed by atoms with Gasteiger partial charge in [0.05, 0.1) is 24.7 Å². The number of halogens is 1. The molecule has 0 fully saturated rings. The summed E-state index contributed by atoms with van der Waals surface area (Å²) < 4.78 is 17.2. The fraction of sp³-hybridized carbons (Fsp3) is 0.500. The van der Waals surface area contributed by atoms with Crippen LogP contribution in [0.2, 0.25) is 0 Å². The van der Waals surface area contributed by atoms with Crippen LogP contribution >= 0.6 is 15.9 Å². The molecule has 21 heavy (non-hydrogen) atoms. The fourth-order valence-electron chi connectivity index (χ4n) is 1.92. The molecule has 0 radical (unpaired) electrons. The number of rotatable bonds is 11. The van der Waals surface area contributed by atoms with E-state index < -0.39 is 0 Å². The van der Waals surface area contributed by atoms with Crippen molar-refractivity contribution in [1.29, 1.82) is 0 Å². The molecule has 0 atom stereocenters. The lowest BCUT2D eigenvalue weighted by Crippen LogP contribution is -2.82. The molecule has 0 unspecified atom stereocenters. The zero-order valence-corrected chi connectivity index (χ0v) is 14.4. The molecule has 0 bridgehead atoms. The first-order chi connectivity index (χ1) is 10.2. The van der Waals surface area contributed by atoms with Crippen LogP contribution in [0.1, 0.15) is 18.9 Å². The van der Waals surface area contributed by atoms with Crippen molar-refractivity contribution in [2.24, 2.45) is 0 Å². The van der Waals surface area contributed by atoms with E-state index in [1.54, 1.807) is 13.2 Å². The summed E-state index contributed by atoms with van der Waals surface area (Å²) in [5.41, 5.74) is 1.20. The number of hydrogen-bond donors (Lipinski definition) is 1. The molecule has 0 saturated heterocycles. The molecule has 118 valence electrons. The molecule has 0 aliphatic carbocycles. The molecule has 0 saturated carbocycles. The zero-order chi connectivity index (χ0) is 15.5. The number of nitrogens with two attached hydrogens (primary N) is 1. The number of benzene rings is 1. The Hall–Kier alpha value is -1.04. The topological polar surface area (TPSA) is 44.3 Å². The predicted molar refractivity (Wildman–Crippen MR) is 88.0 cm³/mol. The van der Waals surface area contributed by atoms with Crippen molar-refractivity contribution in [3.05, 3.63) is 34.8 Å². The predicted octanol–water partition coefficient (Wildman–Crippen LogP) is 2.51. The molecule has 0 aliphatic heterocycles. The van der Waals surface area contributed by atoms with E-state index in [9.17, 15) is 0 Å². The monoisotopic (exact) mass is 358 g/mol. The Bertz CT molecular complexity index is 438. The van der Waals surface area contributed by atoms with Gasteiger partial charge in [0, 0.05) is 18.6 Å². The Morgan fingerprint density at radius 2 is 2.19 bits per heavy atom. The van der Waals surface area contributed by atoms with Crippen LogP contribution in [0, 0.1) is 0 Å².